The molecule has 1 aliphatic rings. The Kier molecular flexibility index (Phi) is 4.36. The molecule has 21 heavy (non-hydrogen) atoms. The van der Waals surface area contributed by atoms with Gasteiger partial charge in [-0.15, -0.1) is 0 Å². The highest BCUT2D eigenvalue weighted by atomic mass is 79.9. The fourth-order valence-corrected chi connectivity index (χ4v) is 3.72. The summed E-state index contributed by atoms with van der Waals surface area (Å²) in [7, 11) is 0. The molecular formula is C17H16BrF2N. The topological polar surface area (TPSA) is 12.0 Å². The zero-order valence-corrected chi connectivity index (χ0v) is 13.0. The molecule has 2 atom stereocenters. The maximum atomic E-state index is 14.2. The normalized spacial score (nSPS) is 22.2. The van der Waals surface area contributed by atoms with E-state index in [0.717, 1.165) is 29.5 Å². The van der Waals surface area contributed by atoms with Crippen LogP contribution >= 0.6 is 15.9 Å². The molecule has 0 spiro atoms. The highest BCUT2D eigenvalue weighted by molar-refractivity contribution is 9.10. The number of piperidine rings is 1. The third-order valence-corrected chi connectivity index (χ3v) is 4.89. The van der Waals surface area contributed by atoms with E-state index in [0.29, 0.717) is 5.56 Å². The van der Waals surface area contributed by atoms with E-state index in [4.69, 9.17) is 0 Å². The molecule has 1 heterocycles. The second-order valence-corrected chi connectivity index (χ2v) is 6.22. The van der Waals surface area contributed by atoms with Crippen molar-refractivity contribution < 1.29 is 8.78 Å². The van der Waals surface area contributed by atoms with Gasteiger partial charge in [0.25, 0.3) is 0 Å². The lowest BCUT2D eigenvalue weighted by Crippen LogP contribution is -2.34. The van der Waals surface area contributed by atoms with E-state index in [1.165, 1.54) is 6.07 Å². The second kappa shape index (κ2) is 6.24. The van der Waals surface area contributed by atoms with Crippen molar-refractivity contribution in [3.8, 4) is 0 Å². The van der Waals surface area contributed by atoms with Gasteiger partial charge in [-0.2, -0.15) is 0 Å². The van der Waals surface area contributed by atoms with E-state index < -0.39 is 11.6 Å². The van der Waals surface area contributed by atoms with Crippen molar-refractivity contribution >= 4 is 15.9 Å². The Morgan fingerprint density at radius 2 is 1.71 bits per heavy atom. The number of benzene rings is 2. The zero-order chi connectivity index (χ0) is 14.8. The molecular weight excluding hydrogens is 336 g/mol. The summed E-state index contributed by atoms with van der Waals surface area (Å²) in [6.07, 6.45) is 0.798. The molecule has 0 radical (unpaired) electrons. The van der Waals surface area contributed by atoms with Crippen molar-refractivity contribution in [1.29, 1.82) is 0 Å². The summed E-state index contributed by atoms with van der Waals surface area (Å²) in [5, 5.41) is 3.36. The van der Waals surface area contributed by atoms with E-state index in [1.54, 1.807) is 12.1 Å². The van der Waals surface area contributed by atoms with Crippen LogP contribution in [-0.2, 0) is 0 Å². The number of halogens is 3. The van der Waals surface area contributed by atoms with Crippen LogP contribution in [0.15, 0.2) is 46.9 Å². The molecule has 1 fully saturated rings. The molecule has 110 valence electrons. The Bertz CT molecular complexity index is 644. The third kappa shape index (κ3) is 2.87. The Morgan fingerprint density at radius 1 is 0.952 bits per heavy atom. The van der Waals surface area contributed by atoms with Crippen LogP contribution in [0.4, 0.5) is 8.78 Å². The van der Waals surface area contributed by atoms with Crippen molar-refractivity contribution in [3.63, 3.8) is 0 Å². The molecule has 4 heteroatoms. The molecule has 0 aliphatic carbocycles. The quantitative estimate of drug-likeness (QED) is 0.834. The molecule has 0 aromatic heterocycles. The monoisotopic (exact) mass is 351 g/mol. The average Bonchev–Trinajstić information content (AvgIpc) is 2.51. The van der Waals surface area contributed by atoms with Gasteiger partial charge in [0.05, 0.1) is 0 Å². The first-order valence-electron chi connectivity index (χ1n) is 7.07. The van der Waals surface area contributed by atoms with E-state index in [-0.39, 0.29) is 11.8 Å². The molecule has 0 bridgehead atoms. The maximum Gasteiger partial charge on any atom is 0.162 e. The van der Waals surface area contributed by atoms with Gasteiger partial charge < -0.3 is 5.32 Å². The second-order valence-electron chi connectivity index (χ2n) is 5.37. The Hall–Kier alpha value is -1.26. The molecule has 1 nitrogen and oxygen atoms in total. The van der Waals surface area contributed by atoms with Crippen molar-refractivity contribution in [2.75, 3.05) is 13.1 Å². The first-order chi connectivity index (χ1) is 10.2. The third-order valence-electron chi connectivity index (χ3n) is 4.17. The lowest BCUT2D eigenvalue weighted by molar-refractivity contribution is 0.385. The van der Waals surface area contributed by atoms with Crippen LogP contribution in [0.2, 0.25) is 0 Å². The summed E-state index contributed by atoms with van der Waals surface area (Å²) < 4.78 is 28.7. The molecule has 0 amide bonds. The van der Waals surface area contributed by atoms with Crippen molar-refractivity contribution in [2.45, 2.75) is 18.3 Å². The van der Waals surface area contributed by atoms with Crippen LogP contribution in [0.5, 0.6) is 0 Å². The van der Waals surface area contributed by atoms with E-state index >= 15 is 0 Å². The van der Waals surface area contributed by atoms with Gasteiger partial charge in [-0.3, -0.25) is 0 Å². The number of rotatable bonds is 2. The van der Waals surface area contributed by atoms with Gasteiger partial charge in [0.15, 0.2) is 11.6 Å². The fraction of sp³-hybridized carbons (Fsp3) is 0.294. The van der Waals surface area contributed by atoms with E-state index in [9.17, 15) is 8.78 Å². The van der Waals surface area contributed by atoms with Gasteiger partial charge in [0.2, 0.25) is 0 Å². The minimum Gasteiger partial charge on any atom is -0.316 e. The smallest absolute Gasteiger partial charge is 0.162 e. The average molecular weight is 352 g/mol. The molecule has 1 saturated heterocycles. The highest BCUT2D eigenvalue weighted by Gasteiger charge is 2.31. The largest absolute Gasteiger partial charge is 0.316 e. The summed E-state index contributed by atoms with van der Waals surface area (Å²) in [5.41, 5.74) is 1.62. The molecule has 3 rings (SSSR count). The standard InChI is InChI=1S/C17H16BrF2N/c18-15-6-2-1-4-12(15)14-10-21-9-8-11(14)13-5-3-7-16(19)17(13)20/h1-7,11,14,21H,8-10H2. The minimum absolute atomic E-state index is 0.0133. The highest BCUT2D eigenvalue weighted by Crippen LogP contribution is 2.41. The molecule has 1 aliphatic heterocycles. The molecule has 0 saturated carbocycles. The van der Waals surface area contributed by atoms with Crippen LogP contribution in [0.3, 0.4) is 0 Å². The summed E-state index contributed by atoms with van der Waals surface area (Å²) in [4.78, 5) is 0. The van der Waals surface area contributed by atoms with Gasteiger partial charge in [-0.1, -0.05) is 46.3 Å². The Morgan fingerprint density at radius 3 is 2.52 bits per heavy atom. The van der Waals surface area contributed by atoms with Gasteiger partial charge in [0.1, 0.15) is 0 Å². The molecule has 1 N–H and O–H groups in total. The van der Waals surface area contributed by atoms with Crippen LogP contribution in [0.1, 0.15) is 29.4 Å². The van der Waals surface area contributed by atoms with E-state index in [2.05, 4.69) is 21.2 Å². The lowest BCUT2D eigenvalue weighted by Gasteiger charge is -2.33. The fourth-order valence-electron chi connectivity index (χ4n) is 3.14. The van der Waals surface area contributed by atoms with Gasteiger partial charge in [0, 0.05) is 16.9 Å². The number of hydrogen-bond acceptors (Lipinski definition) is 1. The summed E-state index contributed by atoms with van der Waals surface area (Å²) >= 11 is 3.57. The number of nitrogens with one attached hydrogen (secondary N) is 1. The van der Waals surface area contributed by atoms with Gasteiger partial charge >= 0.3 is 0 Å². The minimum atomic E-state index is -0.767. The summed E-state index contributed by atoms with van der Waals surface area (Å²) in [6.45, 7) is 1.59. The number of hydrogen-bond donors (Lipinski definition) is 1. The predicted octanol–water partition coefficient (Wildman–Crippen LogP) is 4.59. The first-order valence-corrected chi connectivity index (χ1v) is 7.87. The van der Waals surface area contributed by atoms with E-state index in [1.807, 2.05) is 24.3 Å². The zero-order valence-electron chi connectivity index (χ0n) is 11.5. The predicted molar refractivity (Wildman–Crippen MR) is 83.5 cm³/mol. The molecule has 2 unspecified atom stereocenters. The lowest BCUT2D eigenvalue weighted by atomic mass is 9.77. The molecule has 2 aromatic carbocycles. The van der Waals surface area contributed by atoms with Gasteiger partial charge in [-0.25, -0.2) is 8.78 Å². The van der Waals surface area contributed by atoms with Crippen molar-refractivity contribution in [1.82, 2.24) is 5.32 Å². The van der Waals surface area contributed by atoms with Crippen LogP contribution in [0, 0.1) is 11.6 Å². The van der Waals surface area contributed by atoms with Crippen LogP contribution in [-0.4, -0.2) is 13.1 Å². The van der Waals surface area contributed by atoms with Crippen molar-refractivity contribution in [3.05, 3.63) is 69.7 Å². The van der Waals surface area contributed by atoms with Gasteiger partial charge in [-0.05, 0) is 42.1 Å². The Balaban J connectivity index is 2.03. The SMILES string of the molecule is Fc1cccc(C2CCNCC2c2ccccc2Br)c1F. The molecule has 2 aromatic rings. The first kappa shape index (κ1) is 14.7. The Labute approximate surface area is 131 Å². The van der Waals surface area contributed by atoms with Crippen LogP contribution < -0.4 is 5.32 Å². The summed E-state index contributed by atoms with van der Waals surface area (Å²) in [6, 6.07) is 12.4. The maximum absolute atomic E-state index is 14.2. The summed E-state index contributed by atoms with van der Waals surface area (Å²) in [5.74, 6) is -1.36. The van der Waals surface area contributed by atoms with Crippen LogP contribution in [0.25, 0.3) is 0 Å². The van der Waals surface area contributed by atoms with Crippen molar-refractivity contribution in [2.24, 2.45) is 0 Å².